The molecule has 1 aromatic carbocycles. The molecule has 3 N–H and O–H groups in total. The summed E-state index contributed by atoms with van der Waals surface area (Å²) in [6, 6.07) is 7.11. The van der Waals surface area contributed by atoms with Crippen molar-refractivity contribution in [1.82, 2.24) is 10.4 Å². The van der Waals surface area contributed by atoms with Crippen molar-refractivity contribution in [2.75, 3.05) is 6.54 Å². The quantitative estimate of drug-likeness (QED) is 0.751. The van der Waals surface area contributed by atoms with Gasteiger partial charge in [0.2, 0.25) is 0 Å². The van der Waals surface area contributed by atoms with Crippen LogP contribution in [-0.4, -0.2) is 39.9 Å². The average molecular weight is 356 g/mol. The molecule has 2 atom stereocenters. The topological polar surface area (TPSA) is 72.8 Å². The highest BCUT2D eigenvalue weighted by Crippen LogP contribution is 2.36. The van der Waals surface area contributed by atoms with Gasteiger partial charge in [0.25, 0.3) is 5.91 Å². The summed E-state index contributed by atoms with van der Waals surface area (Å²) in [5.41, 5.74) is 3.69. The Morgan fingerprint density at radius 3 is 2.65 bits per heavy atom. The van der Waals surface area contributed by atoms with Gasteiger partial charge in [-0.1, -0.05) is 31.5 Å². The zero-order valence-corrected chi connectivity index (χ0v) is 15.7. The summed E-state index contributed by atoms with van der Waals surface area (Å²) in [5.74, 6) is 0.376. The Morgan fingerprint density at radius 1 is 1.31 bits per heavy atom. The Labute approximate surface area is 155 Å². The fourth-order valence-corrected chi connectivity index (χ4v) is 3.77. The number of hydrogen-bond acceptors (Lipinski definition) is 4. The Kier molecular flexibility index (Phi) is 5.49. The number of hydrogen-bond donors (Lipinski definition) is 3. The smallest absolute Gasteiger partial charge is 0.251 e. The maximum absolute atomic E-state index is 12.6. The lowest BCUT2D eigenvalue weighted by Crippen LogP contribution is -2.44. The third-order valence-electron chi connectivity index (χ3n) is 5.40. The van der Waals surface area contributed by atoms with Crippen LogP contribution >= 0.6 is 0 Å². The van der Waals surface area contributed by atoms with E-state index in [9.17, 15) is 15.1 Å². The summed E-state index contributed by atoms with van der Waals surface area (Å²) in [6.45, 7) is 6.57. The van der Waals surface area contributed by atoms with E-state index < -0.39 is 0 Å². The van der Waals surface area contributed by atoms with E-state index in [0.717, 1.165) is 29.6 Å². The van der Waals surface area contributed by atoms with Crippen LogP contribution in [0.5, 0.6) is 0 Å². The summed E-state index contributed by atoms with van der Waals surface area (Å²) >= 11 is 0. The van der Waals surface area contributed by atoms with Crippen LogP contribution in [0.3, 0.4) is 0 Å². The van der Waals surface area contributed by atoms with Crippen molar-refractivity contribution in [3.63, 3.8) is 0 Å². The molecule has 1 heterocycles. The molecule has 1 amide bonds. The van der Waals surface area contributed by atoms with Crippen LogP contribution in [0, 0.1) is 12.8 Å². The average Bonchev–Trinajstić information content (AvgIpc) is 2.91. The van der Waals surface area contributed by atoms with Gasteiger partial charge in [0, 0.05) is 23.7 Å². The van der Waals surface area contributed by atoms with Crippen molar-refractivity contribution < 1.29 is 15.1 Å². The van der Waals surface area contributed by atoms with Gasteiger partial charge in [-0.05, 0) is 55.9 Å². The van der Waals surface area contributed by atoms with E-state index in [4.69, 9.17) is 0 Å². The second-order valence-corrected chi connectivity index (χ2v) is 7.68. The minimum Gasteiger partial charge on any atom is -0.508 e. The summed E-state index contributed by atoms with van der Waals surface area (Å²) in [5, 5.41) is 25.1. The molecule has 0 unspecified atom stereocenters. The molecule has 5 heteroatoms. The highest BCUT2D eigenvalue weighted by atomic mass is 16.5. The summed E-state index contributed by atoms with van der Waals surface area (Å²) in [4.78, 5) is 12.6. The predicted molar refractivity (Wildman–Crippen MR) is 101 cm³/mol. The highest BCUT2D eigenvalue weighted by molar-refractivity contribution is 5.94. The van der Waals surface area contributed by atoms with Gasteiger partial charge >= 0.3 is 0 Å². The lowest BCUT2D eigenvalue weighted by molar-refractivity contribution is -0.103. The van der Waals surface area contributed by atoms with Crippen LogP contribution in [0.1, 0.15) is 49.0 Å². The molecule has 1 aliphatic carbocycles. The predicted octanol–water partition coefficient (Wildman–Crippen LogP) is 3.75. The van der Waals surface area contributed by atoms with Gasteiger partial charge in [0.05, 0.1) is 6.04 Å². The monoisotopic (exact) mass is 356 g/mol. The molecular weight excluding hydrogens is 328 g/mol. The van der Waals surface area contributed by atoms with E-state index in [2.05, 4.69) is 19.2 Å². The molecule has 2 aliphatic rings. The van der Waals surface area contributed by atoms with Crippen LogP contribution in [-0.2, 0) is 0 Å². The first-order chi connectivity index (χ1) is 12.4. The number of carbonyl (C=O) groups is 1. The Hall–Kier alpha value is -2.11. The zero-order valence-electron chi connectivity index (χ0n) is 15.7. The van der Waals surface area contributed by atoms with E-state index in [1.54, 1.807) is 0 Å². The van der Waals surface area contributed by atoms with Crippen molar-refractivity contribution in [2.45, 2.75) is 52.1 Å². The van der Waals surface area contributed by atoms with Crippen LogP contribution in [0.4, 0.5) is 0 Å². The summed E-state index contributed by atoms with van der Waals surface area (Å²) < 4.78 is 0. The van der Waals surface area contributed by atoms with Crippen LogP contribution in [0.15, 0.2) is 47.2 Å². The molecule has 5 nitrogen and oxygen atoms in total. The van der Waals surface area contributed by atoms with Gasteiger partial charge in [-0.25, -0.2) is 0 Å². The molecule has 0 radical (unpaired) electrons. The molecule has 1 aliphatic heterocycles. The molecule has 0 saturated heterocycles. The number of allylic oxidation sites excluding steroid dienone is 1. The number of nitrogens with zero attached hydrogens (tertiary/aromatic N) is 1. The van der Waals surface area contributed by atoms with E-state index in [1.807, 2.05) is 37.3 Å². The molecule has 0 bridgehead atoms. The normalized spacial score (nSPS) is 21.6. The number of aliphatic hydroxyl groups excluding tert-OH is 1. The summed E-state index contributed by atoms with van der Waals surface area (Å²) in [6.07, 6.45) is 4.06. The minimum absolute atomic E-state index is 0.106. The van der Waals surface area contributed by atoms with Gasteiger partial charge in [-0.3, -0.25) is 4.79 Å². The Bertz CT molecular complexity index is 734. The number of amides is 1. The van der Waals surface area contributed by atoms with Gasteiger partial charge < -0.3 is 15.6 Å². The molecule has 0 saturated carbocycles. The Morgan fingerprint density at radius 2 is 2.00 bits per heavy atom. The number of aliphatic hydroxyl groups is 1. The van der Waals surface area contributed by atoms with Crippen molar-refractivity contribution in [2.24, 2.45) is 5.92 Å². The highest BCUT2D eigenvalue weighted by Gasteiger charge is 2.37. The molecule has 26 heavy (non-hydrogen) atoms. The zero-order chi connectivity index (χ0) is 18.8. The van der Waals surface area contributed by atoms with E-state index in [1.165, 1.54) is 5.06 Å². The Balaban J connectivity index is 1.74. The third-order valence-corrected chi connectivity index (χ3v) is 5.40. The van der Waals surface area contributed by atoms with E-state index in [0.29, 0.717) is 18.5 Å². The van der Waals surface area contributed by atoms with Gasteiger partial charge in [-0.2, -0.15) is 5.06 Å². The first kappa shape index (κ1) is 18.7. The number of carbonyl (C=O) groups excluding carboxylic acids is 1. The SMILES string of the molecule is Cc1ccc(C(=O)N[C@H](C[C@@H]2C3=C(CCC=C3O)CN2O)C(C)C)cc1. The standard InChI is InChI=1S/C21H28N2O3/c1-13(2)17(22-21(25)15-9-7-14(3)8-10-15)11-18-20-16(12-23(18)26)5-4-6-19(20)24/h6-10,13,17-18,24,26H,4-5,11-12H2,1-3H3,(H,22,25)/t17-,18-/m1/s1. The van der Waals surface area contributed by atoms with Gasteiger partial charge in [0.1, 0.15) is 5.76 Å². The second-order valence-electron chi connectivity index (χ2n) is 7.68. The summed E-state index contributed by atoms with van der Waals surface area (Å²) in [7, 11) is 0. The van der Waals surface area contributed by atoms with Crippen molar-refractivity contribution in [1.29, 1.82) is 0 Å². The first-order valence-electron chi connectivity index (χ1n) is 9.31. The lowest BCUT2D eigenvalue weighted by Gasteiger charge is -2.29. The number of aryl methyl sites for hydroxylation is 1. The first-order valence-corrected chi connectivity index (χ1v) is 9.31. The molecule has 140 valence electrons. The van der Waals surface area contributed by atoms with E-state index >= 15 is 0 Å². The van der Waals surface area contributed by atoms with Gasteiger partial charge in [0.15, 0.2) is 0 Å². The minimum atomic E-state index is -0.285. The molecule has 0 fully saturated rings. The lowest BCUT2D eigenvalue weighted by atomic mass is 9.88. The maximum Gasteiger partial charge on any atom is 0.251 e. The van der Waals surface area contributed by atoms with Crippen molar-refractivity contribution in [3.05, 3.63) is 58.4 Å². The maximum atomic E-state index is 12.6. The fraction of sp³-hybridized carbons (Fsp3) is 0.476. The number of benzene rings is 1. The van der Waals surface area contributed by atoms with Crippen LogP contribution in [0.2, 0.25) is 0 Å². The van der Waals surface area contributed by atoms with Crippen molar-refractivity contribution >= 4 is 5.91 Å². The van der Waals surface area contributed by atoms with E-state index in [-0.39, 0.29) is 29.7 Å². The fourth-order valence-electron chi connectivity index (χ4n) is 3.77. The largest absolute Gasteiger partial charge is 0.508 e. The van der Waals surface area contributed by atoms with Crippen molar-refractivity contribution in [3.8, 4) is 0 Å². The molecule has 3 rings (SSSR count). The molecular formula is C21H28N2O3. The van der Waals surface area contributed by atoms with Crippen LogP contribution < -0.4 is 5.32 Å². The number of nitrogens with one attached hydrogen (secondary N) is 1. The number of hydroxylamine groups is 2. The number of rotatable bonds is 5. The second kappa shape index (κ2) is 7.64. The van der Waals surface area contributed by atoms with Crippen LogP contribution in [0.25, 0.3) is 0 Å². The molecule has 1 aromatic rings. The van der Waals surface area contributed by atoms with Gasteiger partial charge in [-0.15, -0.1) is 0 Å². The third kappa shape index (κ3) is 3.84. The molecule has 0 spiro atoms. The molecule has 0 aromatic heterocycles.